The highest BCUT2D eigenvalue weighted by molar-refractivity contribution is 5.86. The van der Waals surface area contributed by atoms with Gasteiger partial charge < -0.3 is 10.4 Å². The quantitative estimate of drug-likeness (QED) is 0.885. The van der Waals surface area contributed by atoms with E-state index in [1.165, 1.54) is 12.1 Å². The van der Waals surface area contributed by atoms with Crippen LogP contribution in [0.2, 0.25) is 0 Å². The average Bonchev–Trinajstić information content (AvgIpc) is 2.45. The topological polar surface area (TPSA) is 66.4 Å². The van der Waals surface area contributed by atoms with Gasteiger partial charge in [-0.15, -0.1) is 0 Å². The number of nitrogens with one attached hydrogen (secondary N) is 1. The summed E-state index contributed by atoms with van der Waals surface area (Å²) in [4.78, 5) is 23.7. The Morgan fingerprint density at radius 1 is 1.08 bits per heavy atom. The summed E-state index contributed by atoms with van der Waals surface area (Å²) in [5, 5.41) is 12.1. The van der Waals surface area contributed by atoms with Gasteiger partial charge in [0.25, 0.3) is 0 Å². The zero-order valence-corrected chi connectivity index (χ0v) is 13.4. The monoisotopic (exact) mass is 337 g/mol. The highest BCUT2D eigenvalue weighted by Crippen LogP contribution is 2.41. The van der Waals surface area contributed by atoms with E-state index in [9.17, 15) is 18.4 Å². The number of halogens is 2. The third-order valence-corrected chi connectivity index (χ3v) is 5.44. The maximum Gasteiger partial charge on any atom is 0.307 e. The first-order valence-corrected chi connectivity index (χ1v) is 8.43. The lowest BCUT2D eigenvalue weighted by atomic mass is 9.71. The Labute approximate surface area is 139 Å². The summed E-state index contributed by atoms with van der Waals surface area (Å²) in [5.74, 6) is -3.85. The van der Waals surface area contributed by atoms with E-state index in [-0.39, 0.29) is 5.91 Å². The molecule has 2 unspecified atom stereocenters. The van der Waals surface area contributed by atoms with Gasteiger partial charge in [0, 0.05) is 11.6 Å². The third kappa shape index (κ3) is 3.01. The second kappa shape index (κ2) is 6.49. The van der Waals surface area contributed by atoms with E-state index in [1.807, 2.05) is 0 Å². The minimum Gasteiger partial charge on any atom is -0.481 e. The fourth-order valence-corrected chi connectivity index (χ4v) is 3.93. The summed E-state index contributed by atoms with van der Waals surface area (Å²) >= 11 is 0. The number of carbonyl (C=O) groups excluding carboxylic acids is 1. The molecule has 2 aliphatic carbocycles. The second-order valence-electron chi connectivity index (χ2n) is 6.88. The number of benzene rings is 1. The van der Waals surface area contributed by atoms with Crippen LogP contribution in [-0.2, 0) is 15.1 Å². The zero-order valence-electron chi connectivity index (χ0n) is 13.4. The number of aliphatic carboxylic acids is 1. The Morgan fingerprint density at radius 2 is 1.75 bits per heavy atom. The van der Waals surface area contributed by atoms with Gasteiger partial charge in [-0.3, -0.25) is 9.59 Å². The molecule has 6 heteroatoms. The number of carboxylic acid groups (broad SMARTS) is 1. The number of rotatable bonds is 4. The first kappa shape index (κ1) is 16.9. The van der Waals surface area contributed by atoms with Crippen molar-refractivity contribution in [1.82, 2.24) is 5.32 Å². The van der Waals surface area contributed by atoms with Crippen molar-refractivity contribution in [3.63, 3.8) is 0 Å². The van der Waals surface area contributed by atoms with Crippen LogP contribution in [0.1, 0.15) is 50.5 Å². The molecule has 3 rings (SSSR count). The Bertz CT molecular complexity index is 656. The number of hydrogen-bond acceptors (Lipinski definition) is 2. The van der Waals surface area contributed by atoms with Crippen molar-refractivity contribution in [1.29, 1.82) is 0 Å². The second-order valence-corrected chi connectivity index (χ2v) is 6.88. The predicted molar refractivity (Wildman–Crippen MR) is 83.1 cm³/mol. The lowest BCUT2D eigenvalue weighted by molar-refractivity contribution is -0.153. The van der Waals surface area contributed by atoms with Crippen LogP contribution in [0.4, 0.5) is 8.78 Å². The molecule has 0 aromatic heterocycles. The molecule has 1 aromatic rings. The van der Waals surface area contributed by atoms with E-state index in [4.69, 9.17) is 5.11 Å². The molecule has 2 N–H and O–H groups in total. The van der Waals surface area contributed by atoms with Gasteiger partial charge in [-0.05, 0) is 31.7 Å². The van der Waals surface area contributed by atoms with E-state index in [2.05, 4.69) is 5.32 Å². The fraction of sp³-hybridized carbons (Fsp3) is 0.556. The molecule has 2 atom stereocenters. The molecule has 0 heterocycles. The number of amides is 1. The normalized spacial score (nSPS) is 25.6. The van der Waals surface area contributed by atoms with Crippen molar-refractivity contribution in [2.75, 3.05) is 0 Å². The van der Waals surface area contributed by atoms with Crippen molar-refractivity contribution in [3.8, 4) is 0 Å². The van der Waals surface area contributed by atoms with E-state index >= 15 is 0 Å². The van der Waals surface area contributed by atoms with Gasteiger partial charge in [-0.25, -0.2) is 8.78 Å². The van der Waals surface area contributed by atoms with Crippen LogP contribution >= 0.6 is 0 Å². The lowest BCUT2D eigenvalue weighted by Gasteiger charge is -2.42. The van der Waals surface area contributed by atoms with Crippen molar-refractivity contribution in [3.05, 3.63) is 35.4 Å². The minimum absolute atomic E-state index is 0.295. The highest BCUT2D eigenvalue weighted by Gasteiger charge is 2.45. The van der Waals surface area contributed by atoms with Gasteiger partial charge in [-0.2, -0.15) is 0 Å². The van der Waals surface area contributed by atoms with Gasteiger partial charge in [-0.1, -0.05) is 25.3 Å². The highest BCUT2D eigenvalue weighted by atomic mass is 19.1. The van der Waals surface area contributed by atoms with Crippen LogP contribution in [0.15, 0.2) is 18.2 Å². The Balaban J connectivity index is 1.86. The zero-order chi connectivity index (χ0) is 17.3. The first-order chi connectivity index (χ1) is 11.4. The molecular formula is C18H21F2NO3. The van der Waals surface area contributed by atoms with Crippen molar-refractivity contribution >= 4 is 11.9 Å². The van der Waals surface area contributed by atoms with Crippen LogP contribution in [0.5, 0.6) is 0 Å². The molecule has 0 aliphatic heterocycles. The molecular weight excluding hydrogens is 316 g/mol. The molecule has 2 saturated carbocycles. The van der Waals surface area contributed by atoms with E-state index in [0.29, 0.717) is 31.2 Å². The summed E-state index contributed by atoms with van der Waals surface area (Å²) in [6.07, 6.45) is 4.85. The minimum atomic E-state index is -0.966. The summed E-state index contributed by atoms with van der Waals surface area (Å²) in [7, 11) is 0. The van der Waals surface area contributed by atoms with Crippen LogP contribution in [0.25, 0.3) is 0 Å². The lowest BCUT2D eigenvalue weighted by Crippen LogP contribution is -2.53. The van der Waals surface area contributed by atoms with E-state index < -0.39 is 35.0 Å². The van der Waals surface area contributed by atoms with Crippen LogP contribution in [-0.4, -0.2) is 17.0 Å². The van der Waals surface area contributed by atoms with Gasteiger partial charge in [0.05, 0.1) is 17.4 Å². The number of carbonyl (C=O) groups is 2. The summed E-state index contributed by atoms with van der Waals surface area (Å²) in [6.45, 7) is 0. The Morgan fingerprint density at radius 3 is 2.29 bits per heavy atom. The summed E-state index contributed by atoms with van der Waals surface area (Å²) in [6, 6.07) is 3.43. The number of hydrogen-bond donors (Lipinski definition) is 2. The Hall–Kier alpha value is -1.98. The standard InChI is InChI=1S/C18H21F2NO3/c19-11-4-7-14(15(20)10-11)18(8-2-1-3-9-18)21-16(22)12-5-6-13(12)17(23)24/h4,7,10,12-13H,1-3,5-6,8-9H2,(H,21,22)(H,23,24). The summed E-state index contributed by atoms with van der Waals surface area (Å²) in [5.41, 5.74) is -0.575. The molecule has 2 fully saturated rings. The first-order valence-electron chi connectivity index (χ1n) is 8.43. The largest absolute Gasteiger partial charge is 0.481 e. The predicted octanol–water partition coefficient (Wildman–Crippen LogP) is 3.35. The molecule has 0 bridgehead atoms. The third-order valence-electron chi connectivity index (χ3n) is 5.44. The maximum atomic E-state index is 14.3. The van der Waals surface area contributed by atoms with Crippen LogP contribution in [0, 0.1) is 23.5 Å². The van der Waals surface area contributed by atoms with Crippen molar-refractivity contribution in [2.24, 2.45) is 11.8 Å². The molecule has 0 saturated heterocycles. The molecule has 0 spiro atoms. The fourth-order valence-electron chi connectivity index (χ4n) is 3.93. The number of carboxylic acids is 1. The van der Waals surface area contributed by atoms with Gasteiger partial charge in [0.1, 0.15) is 11.6 Å². The maximum absolute atomic E-state index is 14.3. The van der Waals surface area contributed by atoms with Crippen LogP contribution < -0.4 is 5.32 Å². The summed E-state index contributed by atoms with van der Waals surface area (Å²) < 4.78 is 27.6. The average molecular weight is 337 g/mol. The van der Waals surface area contributed by atoms with E-state index in [1.54, 1.807) is 0 Å². The molecule has 2 aliphatic rings. The molecule has 0 radical (unpaired) electrons. The van der Waals surface area contributed by atoms with Gasteiger partial charge in [0.2, 0.25) is 5.91 Å². The molecule has 1 amide bonds. The smallest absolute Gasteiger partial charge is 0.307 e. The van der Waals surface area contributed by atoms with Gasteiger partial charge in [0.15, 0.2) is 0 Å². The molecule has 4 nitrogen and oxygen atoms in total. The SMILES string of the molecule is O=C(O)C1CCC1C(=O)NC1(c2ccc(F)cc2F)CCCCC1. The molecule has 1 aromatic carbocycles. The van der Waals surface area contributed by atoms with Crippen molar-refractivity contribution in [2.45, 2.75) is 50.5 Å². The molecule has 130 valence electrons. The van der Waals surface area contributed by atoms with Gasteiger partial charge >= 0.3 is 5.97 Å². The Kier molecular flexibility index (Phi) is 4.56. The van der Waals surface area contributed by atoms with Crippen LogP contribution in [0.3, 0.4) is 0 Å². The molecule has 24 heavy (non-hydrogen) atoms. The van der Waals surface area contributed by atoms with Crippen molar-refractivity contribution < 1.29 is 23.5 Å². The van der Waals surface area contributed by atoms with E-state index in [0.717, 1.165) is 25.3 Å².